The standard InChI is InChI=1S/C13H20O3/c1-3-4-5-10-15-12-6-8-13(9-7-12)16-11-14-2/h6-9H,3-5,10-11H2,1-2H3. The number of hydrogen-bond donors (Lipinski definition) is 0. The first-order valence-electron chi connectivity index (χ1n) is 5.71. The van der Waals surface area contributed by atoms with Gasteiger partial charge in [-0.25, -0.2) is 0 Å². The maximum atomic E-state index is 5.58. The fourth-order valence-corrected chi connectivity index (χ4v) is 1.30. The van der Waals surface area contributed by atoms with Gasteiger partial charge in [-0.1, -0.05) is 19.8 Å². The Labute approximate surface area is 97.3 Å². The lowest BCUT2D eigenvalue weighted by Crippen LogP contribution is -1.99. The van der Waals surface area contributed by atoms with Crippen LogP contribution in [-0.2, 0) is 4.74 Å². The molecule has 3 nitrogen and oxygen atoms in total. The van der Waals surface area contributed by atoms with Gasteiger partial charge >= 0.3 is 0 Å². The molecule has 0 aromatic heterocycles. The highest BCUT2D eigenvalue weighted by Crippen LogP contribution is 2.17. The number of rotatable bonds is 8. The molecule has 1 rings (SSSR count). The normalized spacial score (nSPS) is 10.1. The van der Waals surface area contributed by atoms with E-state index in [1.165, 1.54) is 12.8 Å². The van der Waals surface area contributed by atoms with Crippen LogP contribution < -0.4 is 9.47 Å². The topological polar surface area (TPSA) is 27.7 Å². The van der Waals surface area contributed by atoms with Crippen LogP contribution in [0.15, 0.2) is 24.3 Å². The van der Waals surface area contributed by atoms with E-state index in [4.69, 9.17) is 14.2 Å². The molecular weight excluding hydrogens is 204 g/mol. The molecule has 0 bridgehead atoms. The first kappa shape index (κ1) is 12.8. The van der Waals surface area contributed by atoms with Gasteiger partial charge in [0.05, 0.1) is 6.61 Å². The average molecular weight is 224 g/mol. The predicted octanol–water partition coefficient (Wildman–Crippen LogP) is 3.24. The van der Waals surface area contributed by atoms with Crippen LogP contribution in [0.25, 0.3) is 0 Å². The Morgan fingerprint density at radius 1 is 0.938 bits per heavy atom. The van der Waals surface area contributed by atoms with Gasteiger partial charge in [0.2, 0.25) is 0 Å². The largest absolute Gasteiger partial charge is 0.494 e. The van der Waals surface area contributed by atoms with Gasteiger partial charge in [0.25, 0.3) is 0 Å². The second kappa shape index (κ2) is 7.99. The van der Waals surface area contributed by atoms with Crippen molar-refractivity contribution in [1.82, 2.24) is 0 Å². The van der Waals surface area contributed by atoms with Crippen LogP contribution in [0.2, 0.25) is 0 Å². The lowest BCUT2D eigenvalue weighted by Gasteiger charge is -2.07. The van der Waals surface area contributed by atoms with E-state index >= 15 is 0 Å². The molecule has 0 unspecified atom stereocenters. The smallest absolute Gasteiger partial charge is 0.188 e. The van der Waals surface area contributed by atoms with Crippen LogP contribution in [0.1, 0.15) is 26.2 Å². The average Bonchev–Trinajstić information content (AvgIpc) is 2.33. The summed E-state index contributed by atoms with van der Waals surface area (Å²) in [6.07, 6.45) is 3.54. The molecule has 0 saturated carbocycles. The molecule has 0 aliphatic carbocycles. The monoisotopic (exact) mass is 224 g/mol. The molecule has 0 N–H and O–H groups in total. The summed E-state index contributed by atoms with van der Waals surface area (Å²) in [5, 5.41) is 0. The van der Waals surface area contributed by atoms with Crippen molar-refractivity contribution < 1.29 is 14.2 Å². The molecule has 0 spiro atoms. The van der Waals surface area contributed by atoms with Crippen molar-refractivity contribution in [2.45, 2.75) is 26.2 Å². The van der Waals surface area contributed by atoms with Gasteiger partial charge in [-0.15, -0.1) is 0 Å². The maximum absolute atomic E-state index is 5.58. The SMILES string of the molecule is CCCCCOc1ccc(OCOC)cc1. The summed E-state index contributed by atoms with van der Waals surface area (Å²) in [7, 11) is 1.60. The highest BCUT2D eigenvalue weighted by atomic mass is 16.7. The minimum absolute atomic E-state index is 0.275. The molecule has 0 heterocycles. The van der Waals surface area contributed by atoms with Crippen LogP contribution >= 0.6 is 0 Å². The van der Waals surface area contributed by atoms with E-state index in [9.17, 15) is 0 Å². The summed E-state index contributed by atoms with van der Waals surface area (Å²) >= 11 is 0. The number of ether oxygens (including phenoxy) is 3. The van der Waals surface area contributed by atoms with Crippen LogP contribution in [0.5, 0.6) is 11.5 Å². The molecule has 90 valence electrons. The molecule has 0 saturated heterocycles. The molecule has 0 amide bonds. The molecule has 1 aromatic rings. The summed E-state index contributed by atoms with van der Waals surface area (Å²) in [6, 6.07) is 7.59. The third-order valence-electron chi connectivity index (χ3n) is 2.18. The third kappa shape index (κ3) is 5.03. The van der Waals surface area contributed by atoms with E-state index in [1.807, 2.05) is 24.3 Å². The summed E-state index contributed by atoms with van der Waals surface area (Å²) in [5.74, 6) is 1.68. The summed E-state index contributed by atoms with van der Waals surface area (Å²) in [5.41, 5.74) is 0. The van der Waals surface area contributed by atoms with E-state index in [0.717, 1.165) is 24.5 Å². The predicted molar refractivity (Wildman–Crippen MR) is 64.0 cm³/mol. The molecular formula is C13H20O3. The first-order chi connectivity index (χ1) is 7.86. The van der Waals surface area contributed by atoms with E-state index in [1.54, 1.807) is 7.11 Å². The molecule has 16 heavy (non-hydrogen) atoms. The van der Waals surface area contributed by atoms with Gasteiger partial charge in [0.15, 0.2) is 6.79 Å². The zero-order valence-corrected chi connectivity index (χ0v) is 10.1. The lowest BCUT2D eigenvalue weighted by atomic mass is 10.3. The zero-order chi connectivity index (χ0) is 11.6. The highest BCUT2D eigenvalue weighted by molar-refractivity contribution is 5.31. The van der Waals surface area contributed by atoms with Gasteiger partial charge in [0.1, 0.15) is 11.5 Å². The highest BCUT2D eigenvalue weighted by Gasteiger charge is 1.96. The molecule has 0 fully saturated rings. The molecule has 0 radical (unpaired) electrons. The molecule has 3 heteroatoms. The number of unbranched alkanes of at least 4 members (excludes halogenated alkanes) is 2. The van der Waals surface area contributed by atoms with E-state index in [2.05, 4.69) is 6.92 Å². The Balaban J connectivity index is 2.27. The molecule has 0 aliphatic rings. The van der Waals surface area contributed by atoms with E-state index in [-0.39, 0.29) is 6.79 Å². The van der Waals surface area contributed by atoms with Gasteiger partial charge < -0.3 is 14.2 Å². The van der Waals surface area contributed by atoms with Crippen molar-refractivity contribution in [1.29, 1.82) is 0 Å². The van der Waals surface area contributed by atoms with Gasteiger partial charge in [-0.2, -0.15) is 0 Å². The fraction of sp³-hybridized carbons (Fsp3) is 0.538. The zero-order valence-electron chi connectivity index (χ0n) is 10.1. The Morgan fingerprint density at radius 2 is 1.56 bits per heavy atom. The van der Waals surface area contributed by atoms with Gasteiger partial charge in [-0.3, -0.25) is 0 Å². The van der Waals surface area contributed by atoms with Crippen molar-refractivity contribution in [3.8, 4) is 11.5 Å². The van der Waals surface area contributed by atoms with Crippen molar-refractivity contribution in [3.63, 3.8) is 0 Å². The molecule has 1 aromatic carbocycles. The minimum Gasteiger partial charge on any atom is -0.494 e. The Hall–Kier alpha value is -1.22. The lowest BCUT2D eigenvalue weighted by molar-refractivity contribution is 0.0511. The van der Waals surface area contributed by atoms with Crippen molar-refractivity contribution in [2.24, 2.45) is 0 Å². The van der Waals surface area contributed by atoms with Crippen molar-refractivity contribution in [2.75, 3.05) is 20.5 Å². The van der Waals surface area contributed by atoms with Crippen LogP contribution in [0.4, 0.5) is 0 Å². The van der Waals surface area contributed by atoms with E-state index < -0.39 is 0 Å². The number of hydrogen-bond acceptors (Lipinski definition) is 3. The van der Waals surface area contributed by atoms with Crippen LogP contribution in [0, 0.1) is 0 Å². The Morgan fingerprint density at radius 3 is 2.12 bits per heavy atom. The minimum atomic E-state index is 0.275. The first-order valence-corrected chi connectivity index (χ1v) is 5.71. The van der Waals surface area contributed by atoms with E-state index in [0.29, 0.717) is 0 Å². The van der Waals surface area contributed by atoms with Crippen LogP contribution in [-0.4, -0.2) is 20.5 Å². The van der Waals surface area contributed by atoms with Crippen LogP contribution in [0.3, 0.4) is 0 Å². The van der Waals surface area contributed by atoms with Gasteiger partial charge in [0, 0.05) is 7.11 Å². The number of methoxy groups -OCH3 is 1. The van der Waals surface area contributed by atoms with Gasteiger partial charge in [-0.05, 0) is 30.7 Å². The third-order valence-corrected chi connectivity index (χ3v) is 2.18. The van der Waals surface area contributed by atoms with Crippen molar-refractivity contribution in [3.05, 3.63) is 24.3 Å². The van der Waals surface area contributed by atoms with Crippen molar-refractivity contribution >= 4 is 0 Å². The second-order valence-electron chi connectivity index (χ2n) is 3.58. The Bertz CT molecular complexity index is 269. The molecule has 0 aliphatic heterocycles. The quantitative estimate of drug-likeness (QED) is 0.501. The summed E-state index contributed by atoms with van der Waals surface area (Å²) in [6.45, 7) is 3.24. The Kier molecular flexibility index (Phi) is 6.42. The summed E-state index contributed by atoms with van der Waals surface area (Å²) < 4.78 is 15.7. The fourth-order valence-electron chi connectivity index (χ4n) is 1.30. The summed E-state index contributed by atoms with van der Waals surface area (Å²) in [4.78, 5) is 0. The maximum Gasteiger partial charge on any atom is 0.188 e. The molecule has 0 atom stereocenters. The second-order valence-corrected chi connectivity index (χ2v) is 3.58. The number of benzene rings is 1.